The summed E-state index contributed by atoms with van der Waals surface area (Å²) in [6, 6.07) is 0. The Morgan fingerprint density at radius 1 is 1.60 bits per heavy atom. The van der Waals surface area contributed by atoms with Crippen molar-refractivity contribution in [2.75, 3.05) is 6.61 Å². The normalized spacial score (nSPS) is 10.1. The molecular weight excluding hydrogens is 131 g/mol. The number of hydrogen-bond acceptors (Lipinski definition) is 3. The van der Waals surface area contributed by atoms with Gasteiger partial charge in [0.05, 0.1) is 12.7 Å². The van der Waals surface area contributed by atoms with E-state index in [0.29, 0.717) is 0 Å². The molecule has 0 bridgehead atoms. The van der Waals surface area contributed by atoms with E-state index in [1.807, 2.05) is 13.8 Å². The maximum absolute atomic E-state index is 8.51. The van der Waals surface area contributed by atoms with Crippen molar-refractivity contribution in [1.29, 1.82) is 0 Å². The second-order valence-electron chi connectivity index (χ2n) is 2.39. The molecule has 58 valence electrons. The predicted molar refractivity (Wildman–Crippen MR) is 40.4 cm³/mol. The van der Waals surface area contributed by atoms with Crippen LogP contribution in [0.2, 0.25) is 0 Å². The number of hydrogen-bond donors (Lipinski definition) is 2. The molecule has 0 aliphatic heterocycles. The molecule has 0 aromatic heterocycles. The van der Waals surface area contributed by atoms with Gasteiger partial charge in [0.2, 0.25) is 0 Å². The fourth-order valence-electron chi connectivity index (χ4n) is 0.348. The van der Waals surface area contributed by atoms with Crippen LogP contribution in [0.25, 0.3) is 0 Å². The maximum atomic E-state index is 8.51. The maximum Gasteiger partial charge on any atom is 0.485 e. The van der Waals surface area contributed by atoms with Crippen molar-refractivity contribution < 1.29 is 14.8 Å². The van der Waals surface area contributed by atoms with E-state index in [9.17, 15) is 0 Å². The summed E-state index contributed by atoms with van der Waals surface area (Å²) >= 11 is 0. The van der Waals surface area contributed by atoms with E-state index in [0.717, 1.165) is 0 Å². The third-order valence-electron chi connectivity index (χ3n) is 0.967. The predicted octanol–water partition coefficient (Wildman–Crippen LogP) is -0.0204. The van der Waals surface area contributed by atoms with Crippen molar-refractivity contribution in [3.8, 4) is 0 Å². The van der Waals surface area contributed by atoms with E-state index in [1.54, 1.807) is 0 Å². The molecule has 0 unspecified atom stereocenters. The lowest BCUT2D eigenvalue weighted by molar-refractivity contribution is 0.0986. The van der Waals surface area contributed by atoms with Crippen molar-refractivity contribution in [3.63, 3.8) is 0 Å². The van der Waals surface area contributed by atoms with Gasteiger partial charge in [0.15, 0.2) is 0 Å². The lowest BCUT2D eigenvalue weighted by atomic mass is 9.81. The van der Waals surface area contributed by atoms with Crippen molar-refractivity contribution in [1.82, 2.24) is 0 Å². The van der Waals surface area contributed by atoms with Crippen LogP contribution < -0.4 is 0 Å². The first kappa shape index (κ1) is 9.68. The van der Waals surface area contributed by atoms with Gasteiger partial charge in [0.25, 0.3) is 0 Å². The average molecular weight is 144 g/mol. The van der Waals surface area contributed by atoms with E-state index in [-0.39, 0.29) is 18.2 Å². The molecule has 10 heavy (non-hydrogen) atoms. The monoisotopic (exact) mass is 144 g/mol. The summed E-state index contributed by atoms with van der Waals surface area (Å²) in [5, 5.41) is 17.0. The van der Waals surface area contributed by atoms with Crippen LogP contribution >= 0.6 is 0 Å². The van der Waals surface area contributed by atoms with Gasteiger partial charge in [-0.1, -0.05) is 0 Å². The fourth-order valence-corrected chi connectivity index (χ4v) is 0.348. The number of ether oxygens (including phenoxy) is 1. The van der Waals surface area contributed by atoms with Crippen LogP contribution in [0, 0.1) is 0 Å². The lowest BCUT2D eigenvalue weighted by Gasteiger charge is -2.08. The van der Waals surface area contributed by atoms with Crippen molar-refractivity contribution in [2.24, 2.45) is 0 Å². The standard InChI is InChI=1S/C6H13BO3/c1-5(2)10-4-6(3)7(8)9/h5,8-9H,3-4H2,1-2H3. The van der Waals surface area contributed by atoms with Crippen LogP contribution in [-0.4, -0.2) is 29.9 Å². The number of rotatable bonds is 4. The van der Waals surface area contributed by atoms with Gasteiger partial charge in [-0.25, -0.2) is 0 Å². The first-order chi connectivity index (χ1) is 4.54. The molecule has 0 rings (SSSR count). The summed E-state index contributed by atoms with van der Waals surface area (Å²) in [7, 11) is -1.46. The summed E-state index contributed by atoms with van der Waals surface area (Å²) in [5.41, 5.74) is 0.286. The minimum Gasteiger partial charge on any atom is -0.423 e. The quantitative estimate of drug-likeness (QED) is 0.545. The van der Waals surface area contributed by atoms with E-state index < -0.39 is 7.12 Å². The van der Waals surface area contributed by atoms with E-state index in [1.165, 1.54) is 0 Å². The third kappa shape index (κ3) is 4.55. The molecule has 0 saturated heterocycles. The first-order valence-electron chi connectivity index (χ1n) is 3.19. The van der Waals surface area contributed by atoms with E-state index in [4.69, 9.17) is 14.8 Å². The molecular formula is C6H13BO3. The zero-order valence-electron chi connectivity index (χ0n) is 6.37. The molecule has 0 saturated carbocycles. The fraction of sp³-hybridized carbons (Fsp3) is 0.667. The highest BCUT2D eigenvalue weighted by Gasteiger charge is 2.11. The zero-order valence-corrected chi connectivity index (χ0v) is 6.37. The van der Waals surface area contributed by atoms with Crippen molar-refractivity contribution in [2.45, 2.75) is 20.0 Å². The molecule has 0 amide bonds. The minimum atomic E-state index is -1.46. The smallest absolute Gasteiger partial charge is 0.423 e. The molecule has 2 N–H and O–H groups in total. The van der Waals surface area contributed by atoms with Gasteiger partial charge in [-0.2, -0.15) is 0 Å². The zero-order chi connectivity index (χ0) is 8.15. The summed E-state index contributed by atoms with van der Waals surface area (Å²) in [6.45, 7) is 7.35. The second kappa shape index (κ2) is 4.49. The Morgan fingerprint density at radius 3 is 2.40 bits per heavy atom. The SMILES string of the molecule is C=C(COC(C)C)B(O)O. The van der Waals surface area contributed by atoms with Gasteiger partial charge in [0, 0.05) is 0 Å². The van der Waals surface area contributed by atoms with Gasteiger partial charge >= 0.3 is 7.12 Å². The molecule has 0 fully saturated rings. The van der Waals surface area contributed by atoms with Crippen molar-refractivity contribution >= 4 is 7.12 Å². The summed E-state index contributed by atoms with van der Waals surface area (Å²) in [5.74, 6) is 0. The first-order valence-corrected chi connectivity index (χ1v) is 3.19. The highest BCUT2D eigenvalue weighted by molar-refractivity contribution is 6.50. The minimum absolute atomic E-state index is 0.0931. The molecule has 0 radical (unpaired) electrons. The third-order valence-corrected chi connectivity index (χ3v) is 0.967. The van der Waals surface area contributed by atoms with Gasteiger partial charge in [-0.05, 0) is 19.3 Å². The van der Waals surface area contributed by atoms with Crippen LogP contribution in [0.15, 0.2) is 12.1 Å². The summed E-state index contributed by atoms with van der Waals surface area (Å²) < 4.78 is 5.05. The van der Waals surface area contributed by atoms with Crippen LogP contribution in [0.3, 0.4) is 0 Å². The lowest BCUT2D eigenvalue weighted by Crippen LogP contribution is -2.20. The molecule has 0 spiro atoms. The molecule has 0 aromatic carbocycles. The van der Waals surface area contributed by atoms with Gasteiger partial charge < -0.3 is 14.8 Å². The highest BCUT2D eigenvalue weighted by atomic mass is 16.5. The Morgan fingerprint density at radius 2 is 2.10 bits per heavy atom. The average Bonchev–Trinajstić information content (AvgIpc) is 1.82. The molecule has 3 nitrogen and oxygen atoms in total. The molecule has 0 aliphatic carbocycles. The Labute approximate surface area is 61.5 Å². The van der Waals surface area contributed by atoms with Crippen LogP contribution in [0.5, 0.6) is 0 Å². The van der Waals surface area contributed by atoms with Gasteiger partial charge in [-0.3, -0.25) is 0 Å². The van der Waals surface area contributed by atoms with Crippen LogP contribution in [0.1, 0.15) is 13.8 Å². The Kier molecular flexibility index (Phi) is 4.35. The summed E-state index contributed by atoms with van der Waals surface area (Å²) in [6.07, 6.45) is 0.0931. The molecule has 0 atom stereocenters. The molecule has 0 aliphatic rings. The Hall–Kier alpha value is -0.315. The van der Waals surface area contributed by atoms with Crippen LogP contribution in [-0.2, 0) is 4.74 Å². The largest absolute Gasteiger partial charge is 0.485 e. The highest BCUT2D eigenvalue weighted by Crippen LogP contribution is 1.96. The molecule has 0 heterocycles. The second-order valence-corrected chi connectivity index (χ2v) is 2.39. The molecule has 0 aromatic rings. The Balaban J connectivity index is 3.40. The van der Waals surface area contributed by atoms with E-state index >= 15 is 0 Å². The van der Waals surface area contributed by atoms with E-state index in [2.05, 4.69) is 6.58 Å². The Bertz CT molecular complexity index is 112. The topological polar surface area (TPSA) is 49.7 Å². The van der Waals surface area contributed by atoms with Gasteiger partial charge in [0.1, 0.15) is 0 Å². The molecule has 4 heteroatoms. The van der Waals surface area contributed by atoms with Gasteiger partial charge in [-0.15, -0.1) is 6.58 Å². The summed E-state index contributed by atoms with van der Waals surface area (Å²) in [4.78, 5) is 0. The van der Waals surface area contributed by atoms with Crippen LogP contribution in [0.4, 0.5) is 0 Å². The van der Waals surface area contributed by atoms with Crippen molar-refractivity contribution in [3.05, 3.63) is 12.1 Å².